The molecule has 5 heteroatoms. The monoisotopic (exact) mass is 432 g/mol. The van der Waals surface area contributed by atoms with Crippen molar-refractivity contribution in [3.05, 3.63) is 81.6 Å². The second kappa shape index (κ2) is 8.45. The molecule has 3 aromatic rings. The van der Waals surface area contributed by atoms with E-state index in [2.05, 4.69) is 39.6 Å². The molecule has 4 rings (SSSR count). The van der Waals surface area contributed by atoms with E-state index in [0.29, 0.717) is 18.7 Å². The van der Waals surface area contributed by atoms with Gasteiger partial charge >= 0.3 is 0 Å². The number of amides is 1. The third-order valence-electron chi connectivity index (χ3n) is 6.60. The minimum absolute atomic E-state index is 0.129. The zero-order valence-corrected chi connectivity index (χ0v) is 19.9. The van der Waals surface area contributed by atoms with Crippen LogP contribution in [-0.4, -0.2) is 28.4 Å². The number of fused-ring (bicyclic) bond motifs is 1. The molecule has 0 bridgehead atoms. The molecule has 1 amide bonds. The first-order valence-electron chi connectivity index (χ1n) is 11.2. The Morgan fingerprint density at radius 3 is 2.62 bits per heavy atom. The van der Waals surface area contributed by atoms with Crippen LogP contribution >= 0.6 is 0 Å². The second-order valence-corrected chi connectivity index (χ2v) is 9.49. The topological polar surface area (TPSA) is 55.6 Å². The first-order valence-corrected chi connectivity index (χ1v) is 11.2. The molecule has 3 heterocycles. The summed E-state index contributed by atoms with van der Waals surface area (Å²) >= 11 is 0. The van der Waals surface area contributed by atoms with Gasteiger partial charge in [-0.3, -0.25) is 9.78 Å². The number of furan rings is 1. The van der Waals surface area contributed by atoms with E-state index in [1.165, 1.54) is 27.8 Å². The molecule has 0 unspecified atom stereocenters. The molecule has 0 saturated heterocycles. The third kappa shape index (κ3) is 4.29. The number of hydrogen-bond donors (Lipinski definition) is 0. The number of carbonyl (C=O) groups excluding carboxylic acids is 1. The van der Waals surface area contributed by atoms with E-state index >= 15 is 0 Å². The van der Waals surface area contributed by atoms with Crippen molar-refractivity contribution in [1.29, 1.82) is 0 Å². The Hall–Kier alpha value is -3.08. The van der Waals surface area contributed by atoms with Gasteiger partial charge in [-0.25, -0.2) is 0 Å². The SMILES string of the molecule is Cc1c(C)c2c(c(C)c1Cc1ccc(C(=O)N(C)Cc3cccnc3)o1)CCC(C)(C)O2. The zero-order valence-electron chi connectivity index (χ0n) is 19.9. The lowest BCUT2D eigenvalue weighted by atomic mass is 9.84. The van der Waals surface area contributed by atoms with Gasteiger partial charge in [0, 0.05) is 32.4 Å². The summed E-state index contributed by atoms with van der Waals surface area (Å²) in [4.78, 5) is 18.6. The number of rotatable bonds is 5. The van der Waals surface area contributed by atoms with E-state index in [1.54, 1.807) is 30.4 Å². The van der Waals surface area contributed by atoms with Crippen molar-refractivity contribution in [2.45, 2.75) is 66.0 Å². The highest BCUT2D eigenvalue weighted by atomic mass is 16.5. The fourth-order valence-corrected chi connectivity index (χ4v) is 4.50. The second-order valence-electron chi connectivity index (χ2n) is 9.49. The van der Waals surface area contributed by atoms with Crippen molar-refractivity contribution >= 4 is 5.91 Å². The maximum Gasteiger partial charge on any atom is 0.289 e. The van der Waals surface area contributed by atoms with E-state index in [1.807, 2.05) is 18.2 Å². The van der Waals surface area contributed by atoms with E-state index < -0.39 is 0 Å². The summed E-state index contributed by atoms with van der Waals surface area (Å²) in [6.45, 7) is 11.3. The van der Waals surface area contributed by atoms with Crippen LogP contribution in [0.2, 0.25) is 0 Å². The average molecular weight is 433 g/mol. The minimum Gasteiger partial charge on any atom is -0.487 e. The van der Waals surface area contributed by atoms with Gasteiger partial charge < -0.3 is 14.1 Å². The number of carbonyl (C=O) groups is 1. The summed E-state index contributed by atoms with van der Waals surface area (Å²) in [5.74, 6) is 2.07. The number of ether oxygens (including phenoxy) is 1. The summed E-state index contributed by atoms with van der Waals surface area (Å²) in [7, 11) is 1.78. The lowest BCUT2D eigenvalue weighted by molar-refractivity contribution is 0.0751. The van der Waals surface area contributed by atoms with Crippen LogP contribution in [0.3, 0.4) is 0 Å². The molecule has 168 valence electrons. The standard InChI is InChI=1S/C27H32N2O3/c1-17-18(2)25-22(11-12-27(4,5)32-25)19(3)23(17)14-21-9-10-24(31-21)26(30)29(6)16-20-8-7-13-28-15-20/h7-10,13,15H,11-12,14,16H2,1-6H3. The number of hydrogen-bond acceptors (Lipinski definition) is 4. The predicted molar refractivity (Wildman–Crippen MR) is 125 cm³/mol. The molecule has 0 radical (unpaired) electrons. The van der Waals surface area contributed by atoms with Crippen LogP contribution in [0.25, 0.3) is 0 Å². The Kier molecular flexibility index (Phi) is 5.85. The summed E-state index contributed by atoms with van der Waals surface area (Å²) in [5, 5.41) is 0. The fraction of sp³-hybridized carbons (Fsp3) is 0.407. The van der Waals surface area contributed by atoms with E-state index in [-0.39, 0.29) is 11.5 Å². The number of aromatic nitrogens is 1. The van der Waals surface area contributed by atoms with Gasteiger partial charge in [0.25, 0.3) is 5.91 Å². The molecule has 32 heavy (non-hydrogen) atoms. The molecule has 0 aliphatic carbocycles. The Morgan fingerprint density at radius 2 is 1.91 bits per heavy atom. The highest BCUT2D eigenvalue weighted by Gasteiger charge is 2.30. The van der Waals surface area contributed by atoms with Crippen LogP contribution in [0.15, 0.2) is 41.1 Å². The van der Waals surface area contributed by atoms with E-state index in [9.17, 15) is 4.79 Å². The first kappa shape index (κ1) is 22.1. The maximum atomic E-state index is 12.9. The van der Waals surface area contributed by atoms with Crippen molar-refractivity contribution in [1.82, 2.24) is 9.88 Å². The number of pyridine rings is 1. The van der Waals surface area contributed by atoms with Crippen LogP contribution in [0.5, 0.6) is 5.75 Å². The molecular weight excluding hydrogens is 400 g/mol. The third-order valence-corrected chi connectivity index (χ3v) is 6.60. The summed E-state index contributed by atoms with van der Waals surface area (Å²) in [6, 6.07) is 7.52. The van der Waals surface area contributed by atoms with Crippen LogP contribution in [0.1, 0.15) is 70.0 Å². The van der Waals surface area contributed by atoms with Crippen molar-refractivity contribution in [3.8, 4) is 5.75 Å². The van der Waals surface area contributed by atoms with E-state index in [4.69, 9.17) is 9.15 Å². The molecule has 1 aliphatic rings. The Morgan fingerprint density at radius 1 is 1.12 bits per heavy atom. The predicted octanol–water partition coefficient (Wildman–Crippen LogP) is 5.57. The molecule has 0 saturated carbocycles. The molecule has 2 aromatic heterocycles. The smallest absolute Gasteiger partial charge is 0.289 e. The molecule has 1 aliphatic heterocycles. The molecule has 1 aromatic carbocycles. The fourth-order valence-electron chi connectivity index (χ4n) is 4.50. The average Bonchev–Trinajstić information content (AvgIpc) is 3.23. The van der Waals surface area contributed by atoms with Gasteiger partial charge in [0.2, 0.25) is 0 Å². The maximum absolute atomic E-state index is 12.9. The lowest BCUT2D eigenvalue weighted by Gasteiger charge is -2.35. The summed E-state index contributed by atoms with van der Waals surface area (Å²) in [5.41, 5.74) is 7.14. The van der Waals surface area contributed by atoms with Gasteiger partial charge in [0.05, 0.1) is 0 Å². The molecule has 0 spiro atoms. The lowest BCUT2D eigenvalue weighted by Crippen LogP contribution is -2.33. The first-order chi connectivity index (χ1) is 15.2. The van der Waals surface area contributed by atoms with Crippen LogP contribution in [0, 0.1) is 20.8 Å². The summed E-state index contributed by atoms with van der Waals surface area (Å²) in [6.07, 6.45) is 6.18. The zero-order chi connectivity index (χ0) is 23.0. The molecule has 0 N–H and O–H groups in total. The van der Waals surface area contributed by atoms with Crippen molar-refractivity contribution in [3.63, 3.8) is 0 Å². The Balaban J connectivity index is 1.55. The number of nitrogens with zero attached hydrogens (tertiary/aromatic N) is 2. The van der Waals surface area contributed by atoms with Crippen LogP contribution in [0.4, 0.5) is 0 Å². The highest BCUT2D eigenvalue weighted by Crippen LogP contribution is 2.41. The number of benzene rings is 1. The normalized spacial score (nSPS) is 14.6. The Labute approximate surface area is 190 Å². The minimum atomic E-state index is -0.134. The van der Waals surface area contributed by atoms with Crippen LogP contribution in [-0.2, 0) is 19.4 Å². The quantitative estimate of drug-likeness (QED) is 0.529. The van der Waals surface area contributed by atoms with Crippen LogP contribution < -0.4 is 4.74 Å². The van der Waals surface area contributed by atoms with Gasteiger partial charge in [-0.15, -0.1) is 0 Å². The molecular formula is C27H32N2O3. The molecule has 0 atom stereocenters. The highest BCUT2D eigenvalue weighted by molar-refractivity contribution is 5.91. The largest absolute Gasteiger partial charge is 0.487 e. The van der Waals surface area contributed by atoms with Gasteiger partial charge in [-0.1, -0.05) is 6.07 Å². The Bertz CT molecular complexity index is 1150. The molecule has 5 nitrogen and oxygen atoms in total. The van der Waals surface area contributed by atoms with Crippen molar-refractivity contribution in [2.75, 3.05) is 7.05 Å². The van der Waals surface area contributed by atoms with Crippen molar-refractivity contribution in [2.24, 2.45) is 0 Å². The van der Waals surface area contributed by atoms with Gasteiger partial charge in [-0.2, -0.15) is 0 Å². The van der Waals surface area contributed by atoms with Gasteiger partial charge in [0.1, 0.15) is 17.1 Å². The van der Waals surface area contributed by atoms with E-state index in [0.717, 1.165) is 29.9 Å². The summed E-state index contributed by atoms with van der Waals surface area (Å²) < 4.78 is 12.3. The van der Waals surface area contributed by atoms with Gasteiger partial charge in [0.15, 0.2) is 5.76 Å². The van der Waals surface area contributed by atoms with Crippen molar-refractivity contribution < 1.29 is 13.9 Å². The van der Waals surface area contributed by atoms with Gasteiger partial charge in [-0.05, 0) is 99.0 Å². The molecule has 0 fully saturated rings.